The van der Waals surface area contributed by atoms with Crippen molar-refractivity contribution in [2.24, 2.45) is 0 Å². The van der Waals surface area contributed by atoms with E-state index in [4.69, 9.17) is 5.73 Å². The fourth-order valence-corrected chi connectivity index (χ4v) is 2.93. The number of likely N-dealkylation sites (N-methyl/N-ethyl adjacent to an activating group) is 1. The molecule has 0 bridgehead atoms. The van der Waals surface area contributed by atoms with E-state index in [1.54, 1.807) is 4.68 Å². The van der Waals surface area contributed by atoms with E-state index < -0.39 is 0 Å². The Bertz CT molecular complexity index is 502. The number of anilines is 1. The molecule has 118 valence electrons. The van der Waals surface area contributed by atoms with E-state index in [1.807, 2.05) is 25.8 Å². The van der Waals surface area contributed by atoms with Crippen LogP contribution in [0.3, 0.4) is 0 Å². The summed E-state index contributed by atoms with van der Waals surface area (Å²) in [6.45, 7) is 9.47. The van der Waals surface area contributed by atoms with Crippen LogP contribution in [0.5, 0.6) is 0 Å². The molecule has 2 rings (SSSR count). The highest BCUT2D eigenvalue weighted by Crippen LogP contribution is 2.17. The van der Waals surface area contributed by atoms with E-state index in [9.17, 15) is 4.79 Å². The second-order valence-electron chi connectivity index (χ2n) is 5.91. The van der Waals surface area contributed by atoms with Crippen molar-refractivity contribution in [3.63, 3.8) is 0 Å². The van der Waals surface area contributed by atoms with Crippen LogP contribution < -0.4 is 5.73 Å². The summed E-state index contributed by atoms with van der Waals surface area (Å²) in [4.78, 5) is 16.8. The number of amides is 1. The van der Waals surface area contributed by atoms with Gasteiger partial charge in [-0.15, -0.1) is 0 Å². The van der Waals surface area contributed by atoms with Gasteiger partial charge in [-0.25, -0.2) is 0 Å². The van der Waals surface area contributed by atoms with E-state index in [0.717, 1.165) is 43.9 Å². The Morgan fingerprint density at radius 1 is 1.38 bits per heavy atom. The molecule has 1 aromatic rings. The molecular formula is C15H27N5O. The summed E-state index contributed by atoms with van der Waals surface area (Å²) in [6.07, 6.45) is 2.10. The number of nitrogens with zero attached hydrogens (tertiary/aromatic N) is 4. The van der Waals surface area contributed by atoms with E-state index in [0.29, 0.717) is 11.7 Å². The maximum absolute atomic E-state index is 12.4. The van der Waals surface area contributed by atoms with Crippen LogP contribution in [0, 0.1) is 13.8 Å². The molecule has 1 aromatic heterocycles. The molecule has 1 aliphatic rings. The molecule has 0 radical (unpaired) electrons. The summed E-state index contributed by atoms with van der Waals surface area (Å²) >= 11 is 0. The summed E-state index contributed by atoms with van der Waals surface area (Å²) in [6, 6.07) is 0.342. The molecule has 21 heavy (non-hydrogen) atoms. The van der Waals surface area contributed by atoms with E-state index in [2.05, 4.69) is 16.9 Å². The SMILES string of the molecule is CCN1CCC(N(C)C(=O)Cn2nc(C)c(N)c2C)CC1. The van der Waals surface area contributed by atoms with Gasteiger partial charge in [0.2, 0.25) is 5.91 Å². The smallest absolute Gasteiger partial charge is 0.244 e. The van der Waals surface area contributed by atoms with Crippen LogP contribution in [0.2, 0.25) is 0 Å². The molecule has 1 amide bonds. The summed E-state index contributed by atoms with van der Waals surface area (Å²) < 4.78 is 1.71. The molecule has 6 nitrogen and oxygen atoms in total. The number of nitrogen functional groups attached to an aromatic ring is 1. The van der Waals surface area contributed by atoms with Gasteiger partial charge in [-0.05, 0) is 33.2 Å². The van der Waals surface area contributed by atoms with E-state index >= 15 is 0 Å². The number of carbonyl (C=O) groups excluding carboxylic acids is 1. The first-order chi connectivity index (χ1) is 9.93. The number of nitrogens with two attached hydrogens (primary N) is 1. The van der Waals surface area contributed by atoms with Gasteiger partial charge in [-0.2, -0.15) is 5.10 Å². The summed E-state index contributed by atoms with van der Waals surface area (Å²) in [5.74, 6) is 0.107. The minimum absolute atomic E-state index is 0.107. The summed E-state index contributed by atoms with van der Waals surface area (Å²) in [5, 5.41) is 4.34. The predicted octanol–water partition coefficient (Wildman–Crippen LogP) is 1.02. The lowest BCUT2D eigenvalue weighted by atomic mass is 10.0. The molecule has 2 heterocycles. The first-order valence-electron chi connectivity index (χ1n) is 7.71. The maximum Gasteiger partial charge on any atom is 0.244 e. The third-order valence-corrected chi connectivity index (χ3v) is 4.67. The van der Waals surface area contributed by atoms with Gasteiger partial charge in [0.15, 0.2) is 0 Å². The van der Waals surface area contributed by atoms with Crippen molar-refractivity contribution in [1.29, 1.82) is 0 Å². The van der Waals surface area contributed by atoms with Gasteiger partial charge in [0.25, 0.3) is 0 Å². The van der Waals surface area contributed by atoms with Gasteiger partial charge in [0.05, 0.1) is 17.1 Å². The maximum atomic E-state index is 12.4. The van der Waals surface area contributed by atoms with Gasteiger partial charge in [0.1, 0.15) is 6.54 Å². The fraction of sp³-hybridized carbons (Fsp3) is 0.733. The molecule has 0 atom stereocenters. The van der Waals surface area contributed by atoms with Crippen molar-refractivity contribution in [3.05, 3.63) is 11.4 Å². The van der Waals surface area contributed by atoms with Crippen LogP contribution >= 0.6 is 0 Å². The molecular weight excluding hydrogens is 266 g/mol. The number of hydrogen-bond acceptors (Lipinski definition) is 4. The molecule has 1 saturated heterocycles. The Kier molecular flexibility index (Phi) is 4.88. The van der Waals surface area contributed by atoms with Crippen LogP contribution in [0.1, 0.15) is 31.2 Å². The first kappa shape index (κ1) is 15.8. The number of aryl methyl sites for hydroxylation is 1. The van der Waals surface area contributed by atoms with Crippen molar-refractivity contribution in [2.45, 2.75) is 46.2 Å². The number of piperidine rings is 1. The van der Waals surface area contributed by atoms with Crippen LogP contribution in [-0.2, 0) is 11.3 Å². The van der Waals surface area contributed by atoms with Crippen molar-refractivity contribution in [3.8, 4) is 0 Å². The van der Waals surface area contributed by atoms with Gasteiger partial charge >= 0.3 is 0 Å². The lowest BCUT2D eigenvalue weighted by molar-refractivity contribution is -0.133. The van der Waals surface area contributed by atoms with Gasteiger partial charge < -0.3 is 15.5 Å². The zero-order valence-corrected chi connectivity index (χ0v) is 13.6. The Morgan fingerprint density at radius 3 is 2.48 bits per heavy atom. The third kappa shape index (κ3) is 3.37. The predicted molar refractivity (Wildman–Crippen MR) is 84.0 cm³/mol. The molecule has 1 aliphatic heterocycles. The second-order valence-corrected chi connectivity index (χ2v) is 5.91. The Balaban J connectivity index is 1.95. The standard InChI is InChI=1S/C15H27N5O/c1-5-19-8-6-13(7-9-19)18(4)14(21)10-20-12(3)15(16)11(2)17-20/h13H,5-10,16H2,1-4H3. The van der Waals surface area contributed by atoms with Crippen molar-refractivity contribution in [2.75, 3.05) is 32.4 Å². The Morgan fingerprint density at radius 2 is 2.00 bits per heavy atom. The number of aromatic nitrogens is 2. The monoisotopic (exact) mass is 293 g/mol. The highest BCUT2D eigenvalue weighted by molar-refractivity contribution is 5.76. The van der Waals surface area contributed by atoms with E-state index in [1.165, 1.54) is 0 Å². The van der Waals surface area contributed by atoms with Crippen LogP contribution in [0.15, 0.2) is 0 Å². The topological polar surface area (TPSA) is 67.4 Å². The van der Waals surface area contributed by atoms with Crippen LogP contribution in [-0.4, -0.2) is 58.2 Å². The number of carbonyl (C=O) groups is 1. The van der Waals surface area contributed by atoms with E-state index in [-0.39, 0.29) is 12.5 Å². The minimum atomic E-state index is 0.107. The minimum Gasteiger partial charge on any atom is -0.396 e. The average molecular weight is 293 g/mol. The average Bonchev–Trinajstić information content (AvgIpc) is 2.74. The highest BCUT2D eigenvalue weighted by Gasteiger charge is 2.25. The first-order valence-corrected chi connectivity index (χ1v) is 7.71. The molecule has 0 aliphatic carbocycles. The highest BCUT2D eigenvalue weighted by atomic mass is 16.2. The second kappa shape index (κ2) is 6.47. The molecule has 0 aromatic carbocycles. The molecule has 1 fully saturated rings. The number of rotatable bonds is 4. The van der Waals surface area contributed by atoms with Crippen molar-refractivity contribution in [1.82, 2.24) is 19.6 Å². The zero-order valence-electron chi connectivity index (χ0n) is 13.6. The summed E-state index contributed by atoms with van der Waals surface area (Å²) in [5.41, 5.74) is 8.26. The molecule has 0 saturated carbocycles. The lowest BCUT2D eigenvalue weighted by Gasteiger charge is -2.36. The van der Waals surface area contributed by atoms with Gasteiger partial charge in [-0.3, -0.25) is 9.48 Å². The Hall–Kier alpha value is -1.56. The Labute approximate surface area is 126 Å². The molecule has 6 heteroatoms. The molecule has 2 N–H and O–H groups in total. The fourth-order valence-electron chi connectivity index (χ4n) is 2.93. The van der Waals surface area contributed by atoms with Crippen molar-refractivity contribution < 1.29 is 4.79 Å². The zero-order chi connectivity index (χ0) is 15.6. The number of likely N-dealkylation sites (tertiary alicyclic amines) is 1. The third-order valence-electron chi connectivity index (χ3n) is 4.67. The normalized spacial score (nSPS) is 17.1. The lowest BCUT2D eigenvalue weighted by Crippen LogP contribution is -2.46. The summed E-state index contributed by atoms with van der Waals surface area (Å²) in [7, 11) is 1.91. The number of hydrogen-bond donors (Lipinski definition) is 1. The largest absolute Gasteiger partial charge is 0.396 e. The van der Waals surface area contributed by atoms with Gasteiger partial charge in [-0.1, -0.05) is 6.92 Å². The molecule has 0 spiro atoms. The van der Waals surface area contributed by atoms with Crippen molar-refractivity contribution >= 4 is 11.6 Å². The van der Waals surface area contributed by atoms with Crippen LogP contribution in [0.25, 0.3) is 0 Å². The molecule has 0 unspecified atom stereocenters. The van der Waals surface area contributed by atoms with Gasteiger partial charge in [0, 0.05) is 26.2 Å². The van der Waals surface area contributed by atoms with Crippen LogP contribution in [0.4, 0.5) is 5.69 Å². The quantitative estimate of drug-likeness (QED) is 0.900.